The zero-order chi connectivity index (χ0) is 9.72. The molecular formula is C6H12N2O4. The Labute approximate surface area is 69.2 Å². The highest BCUT2D eigenvalue weighted by Gasteiger charge is 2.26. The number of aliphatic carboxylic acids is 2. The largest absolute Gasteiger partial charge is 0.481 e. The Morgan fingerprint density at radius 3 is 2.08 bits per heavy atom. The maximum atomic E-state index is 10.4. The Bertz CT molecular complexity index is 182. The summed E-state index contributed by atoms with van der Waals surface area (Å²) in [5.74, 6) is -3.52. The molecular weight excluding hydrogens is 164 g/mol. The van der Waals surface area contributed by atoms with Crippen LogP contribution in [0, 0.1) is 5.92 Å². The summed E-state index contributed by atoms with van der Waals surface area (Å²) in [6.07, 6.45) is -0.492. The topological polar surface area (TPSA) is 127 Å². The second-order valence-corrected chi connectivity index (χ2v) is 2.44. The fraction of sp³-hybridized carbons (Fsp3) is 0.667. The molecule has 70 valence electrons. The zero-order valence-corrected chi connectivity index (χ0v) is 6.43. The van der Waals surface area contributed by atoms with Gasteiger partial charge < -0.3 is 21.7 Å². The number of carboxylic acids is 2. The number of hydrogen-bond acceptors (Lipinski definition) is 4. The highest BCUT2D eigenvalue weighted by molar-refractivity contribution is 5.78. The van der Waals surface area contributed by atoms with E-state index in [1.807, 2.05) is 0 Å². The van der Waals surface area contributed by atoms with Crippen LogP contribution in [0.2, 0.25) is 0 Å². The van der Waals surface area contributed by atoms with Crippen molar-refractivity contribution in [3.05, 3.63) is 0 Å². The molecule has 2 unspecified atom stereocenters. The minimum Gasteiger partial charge on any atom is -0.481 e. The fourth-order valence-electron chi connectivity index (χ4n) is 0.774. The number of nitrogens with two attached hydrogens (primary N) is 2. The highest BCUT2D eigenvalue weighted by Crippen LogP contribution is 2.06. The zero-order valence-electron chi connectivity index (χ0n) is 6.43. The lowest BCUT2D eigenvalue weighted by Crippen LogP contribution is -2.42. The third-order valence-electron chi connectivity index (χ3n) is 1.50. The van der Waals surface area contributed by atoms with Crippen molar-refractivity contribution in [3.63, 3.8) is 0 Å². The van der Waals surface area contributed by atoms with Crippen molar-refractivity contribution in [2.45, 2.75) is 12.5 Å². The summed E-state index contributed by atoms with van der Waals surface area (Å²) in [6, 6.07) is -0.807. The van der Waals surface area contributed by atoms with Crippen molar-refractivity contribution < 1.29 is 19.8 Å². The molecule has 0 aliphatic carbocycles. The standard InChI is InChI=1S/C6H12N2O4/c7-2-4(8)3(6(11)12)1-5(9)10/h3-4H,1-2,7-8H2,(H,9,10)(H,11,12). The van der Waals surface area contributed by atoms with Crippen LogP contribution in [0.4, 0.5) is 0 Å². The lowest BCUT2D eigenvalue weighted by atomic mass is 9.97. The summed E-state index contributed by atoms with van der Waals surface area (Å²) in [6.45, 7) is -0.0375. The SMILES string of the molecule is NCC(N)C(CC(=O)O)C(=O)O. The smallest absolute Gasteiger partial charge is 0.308 e. The minimum absolute atomic E-state index is 0.0375. The summed E-state index contributed by atoms with van der Waals surface area (Å²) in [5, 5.41) is 16.8. The van der Waals surface area contributed by atoms with Crippen LogP contribution in [0.3, 0.4) is 0 Å². The van der Waals surface area contributed by atoms with E-state index >= 15 is 0 Å². The third kappa shape index (κ3) is 3.31. The van der Waals surface area contributed by atoms with E-state index in [1.54, 1.807) is 0 Å². The summed E-state index contributed by atoms with van der Waals surface area (Å²) in [7, 11) is 0. The highest BCUT2D eigenvalue weighted by atomic mass is 16.4. The molecule has 0 saturated carbocycles. The Balaban J connectivity index is 4.22. The summed E-state index contributed by atoms with van der Waals surface area (Å²) < 4.78 is 0. The first-order valence-electron chi connectivity index (χ1n) is 3.39. The van der Waals surface area contributed by atoms with Crippen LogP contribution in [0.15, 0.2) is 0 Å². The molecule has 0 aromatic carbocycles. The van der Waals surface area contributed by atoms with Gasteiger partial charge in [-0.05, 0) is 0 Å². The average molecular weight is 176 g/mol. The van der Waals surface area contributed by atoms with Crippen LogP contribution in [-0.4, -0.2) is 34.7 Å². The molecule has 0 heterocycles. The molecule has 0 aliphatic heterocycles. The lowest BCUT2D eigenvalue weighted by Gasteiger charge is -2.15. The van der Waals surface area contributed by atoms with E-state index in [2.05, 4.69) is 0 Å². The van der Waals surface area contributed by atoms with Gasteiger partial charge in [0.15, 0.2) is 0 Å². The van der Waals surface area contributed by atoms with Crippen LogP contribution < -0.4 is 11.5 Å². The molecule has 6 nitrogen and oxygen atoms in total. The Hall–Kier alpha value is -1.14. The quantitative estimate of drug-likeness (QED) is 0.401. The van der Waals surface area contributed by atoms with Crippen LogP contribution in [0.25, 0.3) is 0 Å². The second-order valence-electron chi connectivity index (χ2n) is 2.44. The van der Waals surface area contributed by atoms with Crippen molar-refractivity contribution >= 4 is 11.9 Å². The monoisotopic (exact) mass is 176 g/mol. The van der Waals surface area contributed by atoms with Crippen molar-refractivity contribution in [2.24, 2.45) is 17.4 Å². The van der Waals surface area contributed by atoms with Gasteiger partial charge in [0.1, 0.15) is 0 Å². The van der Waals surface area contributed by atoms with Gasteiger partial charge in [-0.15, -0.1) is 0 Å². The van der Waals surface area contributed by atoms with Crippen LogP contribution in [0.5, 0.6) is 0 Å². The molecule has 0 rings (SSSR count). The number of carbonyl (C=O) groups is 2. The first kappa shape index (κ1) is 10.9. The number of hydrogen-bond donors (Lipinski definition) is 4. The van der Waals surface area contributed by atoms with Gasteiger partial charge >= 0.3 is 11.9 Å². The summed E-state index contributed by atoms with van der Waals surface area (Å²) >= 11 is 0. The molecule has 0 fully saturated rings. The third-order valence-corrected chi connectivity index (χ3v) is 1.50. The average Bonchev–Trinajstić information content (AvgIpc) is 1.98. The molecule has 0 aromatic heterocycles. The van der Waals surface area contributed by atoms with Gasteiger partial charge in [0.2, 0.25) is 0 Å². The lowest BCUT2D eigenvalue weighted by molar-refractivity contribution is -0.148. The van der Waals surface area contributed by atoms with Crippen molar-refractivity contribution in [1.82, 2.24) is 0 Å². The van der Waals surface area contributed by atoms with E-state index in [9.17, 15) is 9.59 Å². The molecule has 0 amide bonds. The van der Waals surface area contributed by atoms with E-state index in [0.717, 1.165) is 0 Å². The maximum absolute atomic E-state index is 10.4. The molecule has 0 radical (unpaired) electrons. The molecule has 0 aromatic rings. The molecule has 0 spiro atoms. The van der Waals surface area contributed by atoms with Crippen LogP contribution in [0.1, 0.15) is 6.42 Å². The Morgan fingerprint density at radius 1 is 1.33 bits per heavy atom. The fourth-order valence-corrected chi connectivity index (χ4v) is 0.774. The van der Waals surface area contributed by atoms with E-state index < -0.39 is 30.3 Å². The molecule has 2 atom stereocenters. The molecule has 12 heavy (non-hydrogen) atoms. The minimum atomic E-state index is -1.23. The van der Waals surface area contributed by atoms with Gasteiger partial charge in [0, 0.05) is 12.6 Å². The van der Waals surface area contributed by atoms with Gasteiger partial charge in [-0.25, -0.2) is 0 Å². The van der Waals surface area contributed by atoms with E-state index in [-0.39, 0.29) is 6.54 Å². The van der Waals surface area contributed by atoms with Gasteiger partial charge in [-0.2, -0.15) is 0 Å². The van der Waals surface area contributed by atoms with E-state index in [4.69, 9.17) is 21.7 Å². The molecule has 6 N–H and O–H groups in total. The molecule has 6 heteroatoms. The molecule has 0 bridgehead atoms. The first-order valence-corrected chi connectivity index (χ1v) is 3.39. The molecule has 0 aliphatic rings. The van der Waals surface area contributed by atoms with Crippen molar-refractivity contribution in [2.75, 3.05) is 6.54 Å². The Morgan fingerprint density at radius 2 is 1.83 bits per heavy atom. The maximum Gasteiger partial charge on any atom is 0.308 e. The van der Waals surface area contributed by atoms with Gasteiger partial charge in [0.25, 0.3) is 0 Å². The van der Waals surface area contributed by atoms with Gasteiger partial charge in [-0.3, -0.25) is 9.59 Å². The molecule has 0 saturated heterocycles. The van der Waals surface area contributed by atoms with Gasteiger partial charge in [0.05, 0.1) is 12.3 Å². The van der Waals surface area contributed by atoms with E-state index in [1.165, 1.54) is 0 Å². The number of rotatable bonds is 5. The number of carboxylic acid groups (broad SMARTS) is 2. The second kappa shape index (κ2) is 4.68. The normalized spacial score (nSPS) is 15.2. The van der Waals surface area contributed by atoms with Crippen LogP contribution >= 0.6 is 0 Å². The summed E-state index contributed by atoms with van der Waals surface area (Å²) in [4.78, 5) is 20.6. The van der Waals surface area contributed by atoms with Crippen molar-refractivity contribution in [3.8, 4) is 0 Å². The summed E-state index contributed by atoms with van der Waals surface area (Å²) in [5.41, 5.74) is 10.4. The van der Waals surface area contributed by atoms with Crippen LogP contribution in [-0.2, 0) is 9.59 Å². The van der Waals surface area contributed by atoms with E-state index in [0.29, 0.717) is 0 Å². The van der Waals surface area contributed by atoms with Gasteiger partial charge in [-0.1, -0.05) is 0 Å². The van der Waals surface area contributed by atoms with Crippen molar-refractivity contribution in [1.29, 1.82) is 0 Å². The predicted octanol–water partition coefficient (Wildman–Crippen LogP) is -1.55. The predicted molar refractivity (Wildman–Crippen MR) is 40.4 cm³/mol. The first-order chi connectivity index (χ1) is 5.49. The Kier molecular flexibility index (Phi) is 4.24.